The zero-order chi connectivity index (χ0) is 17.6. The Kier molecular flexibility index (Phi) is 4.89. The lowest BCUT2D eigenvalue weighted by Crippen LogP contribution is -2.13. The second kappa shape index (κ2) is 7.44. The summed E-state index contributed by atoms with van der Waals surface area (Å²) in [6.07, 6.45) is 1.68. The minimum Gasteiger partial charge on any atom is -0.490 e. The zero-order valence-corrected chi connectivity index (χ0v) is 13.8. The number of hydrogen-bond acceptors (Lipinski definition) is 4. The third-order valence-corrected chi connectivity index (χ3v) is 3.52. The maximum absolute atomic E-state index is 12.5. The van der Waals surface area contributed by atoms with Gasteiger partial charge in [0.15, 0.2) is 5.69 Å². The van der Waals surface area contributed by atoms with Crippen LogP contribution in [-0.2, 0) is 0 Å². The van der Waals surface area contributed by atoms with Gasteiger partial charge in [-0.25, -0.2) is 4.68 Å². The van der Waals surface area contributed by atoms with Crippen LogP contribution >= 0.6 is 0 Å². The van der Waals surface area contributed by atoms with Crippen molar-refractivity contribution in [3.05, 3.63) is 83.3 Å². The molecule has 0 radical (unpaired) electrons. The average molecular weight is 334 g/mol. The summed E-state index contributed by atoms with van der Waals surface area (Å²) >= 11 is 0. The van der Waals surface area contributed by atoms with Crippen LogP contribution in [0.3, 0.4) is 0 Å². The summed E-state index contributed by atoms with van der Waals surface area (Å²) in [5.41, 5.74) is 2.09. The summed E-state index contributed by atoms with van der Waals surface area (Å²) in [6.45, 7) is 5.84. The molecule has 0 bridgehead atoms. The van der Waals surface area contributed by atoms with Crippen molar-refractivity contribution in [1.29, 1.82) is 0 Å². The number of aromatic amines is 1. The second-order valence-corrected chi connectivity index (χ2v) is 5.36. The molecule has 0 saturated heterocycles. The molecule has 2 aromatic carbocycles. The van der Waals surface area contributed by atoms with Gasteiger partial charge >= 0.3 is 0 Å². The number of rotatable bonds is 6. The zero-order valence-electron chi connectivity index (χ0n) is 13.8. The van der Waals surface area contributed by atoms with E-state index in [1.165, 1.54) is 4.68 Å². The van der Waals surface area contributed by atoms with Gasteiger partial charge in [-0.15, -0.1) is 5.11 Å². The maximum Gasteiger partial charge on any atom is 0.299 e. The second-order valence-electron chi connectivity index (χ2n) is 5.36. The monoisotopic (exact) mass is 334 g/mol. The smallest absolute Gasteiger partial charge is 0.299 e. The maximum atomic E-state index is 12.5. The highest BCUT2D eigenvalue weighted by molar-refractivity contribution is 5.45. The van der Waals surface area contributed by atoms with E-state index in [9.17, 15) is 4.79 Å². The molecule has 0 aliphatic heterocycles. The molecule has 0 saturated carbocycles. The molecular weight excluding hydrogens is 316 g/mol. The van der Waals surface area contributed by atoms with Gasteiger partial charge in [-0.1, -0.05) is 30.9 Å². The van der Waals surface area contributed by atoms with Gasteiger partial charge in [0.05, 0.1) is 17.1 Å². The molecule has 126 valence electrons. The van der Waals surface area contributed by atoms with E-state index in [-0.39, 0.29) is 11.2 Å². The van der Waals surface area contributed by atoms with Gasteiger partial charge < -0.3 is 4.74 Å². The molecule has 1 aromatic heterocycles. The molecule has 6 heteroatoms. The lowest BCUT2D eigenvalue weighted by Gasteiger charge is -2.01. The largest absolute Gasteiger partial charge is 0.490 e. The number of azo groups is 1. The number of nitrogens with one attached hydrogen (secondary N) is 1. The summed E-state index contributed by atoms with van der Waals surface area (Å²) in [7, 11) is 0. The van der Waals surface area contributed by atoms with Crippen LogP contribution in [0.2, 0.25) is 0 Å². The van der Waals surface area contributed by atoms with E-state index in [0.29, 0.717) is 18.0 Å². The molecule has 25 heavy (non-hydrogen) atoms. The molecule has 1 N–H and O–H groups in total. The van der Waals surface area contributed by atoms with Gasteiger partial charge in [-0.05, 0) is 43.3 Å². The normalized spacial score (nSPS) is 10.9. The standard InChI is InChI=1S/C19H18N4O2/c1-3-13-25-17-11-9-15(10-12-17)20-21-18-14(2)22-23(19(18)24)16-7-5-4-6-8-16/h3-12,22H,1,13H2,2H3. The van der Waals surface area contributed by atoms with Crippen molar-refractivity contribution in [1.82, 2.24) is 9.78 Å². The first-order chi connectivity index (χ1) is 12.2. The number of aryl methyl sites for hydroxylation is 1. The van der Waals surface area contributed by atoms with Crippen LogP contribution in [0.5, 0.6) is 5.75 Å². The van der Waals surface area contributed by atoms with Crippen LogP contribution in [0.4, 0.5) is 11.4 Å². The highest BCUT2D eigenvalue weighted by Gasteiger charge is 2.11. The van der Waals surface area contributed by atoms with Crippen LogP contribution < -0.4 is 10.3 Å². The molecule has 0 aliphatic rings. The highest BCUT2D eigenvalue weighted by atomic mass is 16.5. The molecule has 0 unspecified atom stereocenters. The fourth-order valence-corrected chi connectivity index (χ4v) is 2.29. The summed E-state index contributed by atoms with van der Waals surface area (Å²) < 4.78 is 6.87. The molecule has 0 fully saturated rings. The van der Waals surface area contributed by atoms with E-state index < -0.39 is 0 Å². The molecule has 0 spiro atoms. The van der Waals surface area contributed by atoms with Crippen LogP contribution in [0.25, 0.3) is 5.69 Å². The van der Waals surface area contributed by atoms with Crippen LogP contribution in [0, 0.1) is 6.92 Å². The van der Waals surface area contributed by atoms with Gasteiger partial charge in [0.1, 0.15) is 12.4 Å². The molecule has 3 aromatic rings. The number of para-hydroxylation sites is 1. The third kappa shape index (κ3) is 3.74. The Morgan fingerprint density at radius 3 is 2.52 bits per heavy atom. The van der Waals surface area contributed by atoms with Crippen LogP contribution in [-0.4, -0.2) is 16.4 Å². The summed E-state index contributed by atoms with van der Waals surface area (Å²) in [6, 6.07) is 16.5. The Morgan fingerprint density at radius 1 is 1.12 bits per heavy atom. The first-order valence-electron chi connectivity index (χ1n) is 7.81. The van der Waals surface area contributed by atoms with Crippen molar-refractivity contribution in [3.8, 4) is 11.4 Å². The lowest BCUT2D eigenvalue weighted by atomic mass is 10.3. The van der Waals surface area contributed by atoms with E-state index in [0.717, 1.165) is 11.4 Å². The van der Waals surface area contributed by atoms with E-state index in [4.69, 9.17) is 4.74 Å². The highest BCUT2D eigenvalue weighted by Crippen LogP contribution is 2.21. The van der Waals surface area contributed by atoms with Gasteiger partial charge in [-0.3, -0.25) is 9.89 Å². The van der Waals surface area contributed by atoms with Crippen molar-refractivity contribution < 1.29 is 4.74 Å². The number of H-pyrrole nitrogens is 1. The number of benzene rings is 2. The van der Waals surface area contributed by atoms with E-state index in [1.54, 1.807) is 37.3 Å². The van der Waals surface area contributed by atoms with Crippen molar-refractivity contribution in [2.75, 3.05) is 6.61 Å². The first-order valence-corrected chi connectivity index (χ1v) is 7.81. The summed E-state index contributed by atoms with van der Waals surface area (Å²) in [5, 5.41) is 11.3. The van der Waals surface area contributed by atoms with Gasteiger partial charge in [0, 0.05) is 0 Å². The summed E-state index contributed by atoms with van der Waals surface area (Å²) in [4.78, 5) is 12.5. The number of hydrogen-bond donors (Lipinski definition) is 1. The van der Waals surface area contributed by atoms with E-state index in [2.05, 4.69) is 21.9 Å². The van der Waals surface area contributed by atoms with Crippen LogP contribution in [0.1, 0.15) is 5.69 Å². The molecule has 1 heterocycles. The van der Waals surface area contributed by atoms with Gasteiger partial charge in [0.2, 0.25) is 0 Å². The Hall–Kier alpha value is -3.41. The Balaban J connectivity index is 1.83. The molecule has 3 rings (SSSR count). The number of aromatic nitrogens is 2. The van der Waals surface area contributed by atoms with E-state index in [1.807, 2.05) is 30.3 Å². The molecule has 0 atom stereocenters. The quantitative estimate of drug-likeness (QED) is 0.534. The fourth-order valence-electron chi connectivity index (χ4n) is 2.29. The third-order valence-electron chi connectivity index (χ3n) is 3.52. The van der Waals surface area contributed by atoms with Crippen molar-refractivity contribution in [2.24, 2.45) is 10.2 Å². The van der Waals surface area contributed by atoms with Crippen LogP contribution in [0.15, 0.2) is 82.3 Å². The Bertz CT molecular complexity index is 938. The minimum absolute atomic E-state index is 0.238. The molecular formula is C19H18N4O2. The van der Waals surface area contributed by atoms with E-state index >= 15 is 0 Å². The Morgan fingerprint density at radius 2 is 1.84 bits per heavy atom. The van der Waals surface area contributed by atoms with Crippen molar-refractivity contribution in [2.45, 2.75) is 6.92 Å². The molecule has 0 aliphatic carbocycles. The molecule has 0 amide bonds. The lowest BCUT2D eigenvalue weighted by molar-refractivity contribution is 0.363. The van der Waals surface area contributed by atoms with Gasteiger partial charge in [0.25, 0.3) is 5.56 Å². The average Bonchev–Trinajstić information content (AvgIpc) is 2.94. The Labute approximate surface area is 145 Å². The molecule has 6 nitrogen and oxygen atoms in total. The van der Waals surface area contributed by atoms with Crippen molar-refractivity contribution >= 4 is 11.4 Å². The predicted molar refractivity (Wildman–Crippen MR) is 97.4 cm³/mol. The number of ether oxygens (including phenoxy) is 1. The predicted octanol–water partition coefficient (Wildman–Crippen LogP) is 4.45. The minimum atomic E-state index is -0.238. The SMILES string of the molecule is C=CCOc1ccc(N=Nc2c(C)[nH]n(-c3ccccc3)c2=O)cc1. The summed E-state index contributed by atoms with van der Waals surface area (Å²) in [5.74, 6) is 0.725. The number of nitrogens with zero attached hydrogens (tertiary/aromatic N) is 3. The fraction of sp³-hybridized carbons (Fsp3) is 0.105. The van der Waals surface area contributed by atoms with Crippen molar-refractivity contribution in [3.63, 3.8) is 0 Å². The first kappa shape index (κ1) is 16.4. The topological polar surface area (TPSA) is 71.7 Å². The van der Waals surface area contributed by atoms with Gasteiger partial charge in [-0.2, -0.15) is 5.11 Å².